The number of esters is 1. The Morgan fingerprint density at radius 1 is 1.23 bits per heavy atom. The lowest BCUT2D eigenvalue weighted by molar-refractivity contribution is -0.143. The first-order valence-electron chi connectivity index (χ1n) is 9.71. The second kappa shape index (κ2) is 9.74. The van der Waals surface area contributed by atoms with Crippen molar-refractivity contribution in [2.24, 2.45) is 5.92 Å². The van der Waals surface area contributed by atoms with Gasteiger partial charge in [-0.15, -0.1) is 0 Å². The van der Waals surface area contributed by atoms with Crippen LogP contribution < -0.4 is 0 Å². The molecule has 0 aromatic heterocycles. The fourth-order valence-corrected chi connectivity index (χ4v) is 3.81. The van der Waals surface area contributed by atoms with Gasteiger partial charge in [0.2, 0.25) is 0 Å². The lowest BCUT2D eigenvalue weighted by Crippen LogP contribution is -2.43. The van der Waals surface area contributed by atoms with Crippen LogP contribution in [0.15, 0.2) is 42.1 Å². The zero-order valence-corrected chi connectivity index (χ0v) is 15.7. The highest BCUT2D eigenvalue weighted by atomic mass is 16.5. The number of rotatable bonds is 7. The molecule has 26 heavy (non-hydrogen) atoms. The van der Waals surface area contributed by atoms with Gasteiger partial charge in [-0.05, 0) is 18.9 Å². The Balaban J connectivity index is 1.65. The lowest BCUT2D eigenvalue weighted by Gasteiger charge is -2.40. The van der Waals surface area contributed by atoms with Crippen LogP contribution in [0.25, 0.3) is 0 Å². The van der Waals surface area contributed by atoms with E-state index in [0.717, 1.165) is 52.4 Å². The number of carbonyl (C=O) groups excluding carboxylic acids is 1. The molecule has 0 N–H and O–H groups in total. The van der Waals surface area contributed by atoms with E-state index in [2.05, 4.69) is 46.2 Å². The molecule has 0 amide bonds. The van der Waals surface area contributed by atoms with Crippen molar-refractivity contribution in [3.05, 3.63) is 47.7 Å². The average molecular weight is 358 g/mol. The maximum absolute atomic E-state index is 11.9. The molecule has 1 aromatic carbocycles. The quantitative estimate of drug-likeness (QED) is 0.701. The van der Waals surface area contributed by atoms with E-state index in [9.17, 15) is 4.79 Å². The topological polar surface area (TPSA) is 42.0 Å². The zero-order valence-electron chi connectivity index (χ0n) is 15.7. The van der Waals surface area contributed by atoms with E-state index in [0.29, 0.717) is 18.9 Å². The summed E-state index contributed by atoms with van der Waals surface area (Å²) >= 11 is 0. The van der Waals surface area contributed by atoms with Gasteiger partial charge in [-0.3, -0.25) is 9.69 Å². The molecule has 142 valence electrons. The van der Waals surface area contributed by atoms with Crippen molar-refractivity contribution < 1.29 is 14.3 Å². The molecular formula is C21H30N2O3. The Kier molecular flexibility index (Phi) is 7.09. The van der Waals surface area contributed by atoms with Crippen LogP contribution in [0, 0.1) is 5.92 Å². The van der Waals surface area contributed by atoms with Gasteiger partial charge in [0.1, 0.15) is 0 Å². The molecule has 0 bridgehead atoms. The second-order valence-electron chi connectivity index (χ2n) is 6.95. The molecule has 5 heteroatoms. The molecule has 0 spiro atoms. The third-order valence-electron chi connectivity index (χ3n) is 5.08. The standard InChI is InChI=1S/C21H30N2O3/c1-2-26-21(24)9-8-19-17-22(16-18-6-4-3-5-7-18)11-10-20(19)23-12-14-25-15-13-23/h3-7,10,19H,2,8-9,11-17H2,1H3. The van der Waals surface area contributed by atoms with Crippen LogP contribution in [-0.2, 0) is 20.8 Å². The summed E-state index contributed by atoms with van der Waals surface area (Å²) in [5.74, 6) is 0.281. The first-order chi connectivity index (χ1) is 12.8. The fourth-order valence-electron chi connectivity index (χ4n) is 3.81. The molecule has 2 aliphatic rings. The molecule has 1 unspecified atom stereocenters. The van der Waals surface area contributed by atoms with Crippen LogP contribution in [0.3, 0.4) is 0 Å². The van der Waals surface area contributed by atoms with Gasteiger partial charge in [0.05, 0.1) is 19.8 Å². The second-order valence-corrected chi connectivity index (χ2v) is 6.95. The van der Waals surface area contributed by atoms with Crippen molar-refractivity contribution >= 4 is 5.97 Å². The Labute approximate surface area is 156 Å². The molecule has 1 saturated heterocycles. The maximum Gasteiger partial charge on any atom is 0.305 e. The summed E-state index contributed by atoms with van der Waals surface area (Å²) in [7, 11) is 0. The number of benzene rings is 1. The molecule has 0 aliphatic carbocycles. The molecule has 2 heterocycles. The van der Waals surface area contributed by atoms with E-state index in [1.807, 2.05) is 6.92 Å². The van der Waals surface area contributed by atoms with Gasteiger partial charge in [-0.1, -0.05) is 36.4 Å². The number of ether oxygens (including phenoxy) is 2. The minimum Gasteiger partial charge on any atom is -0.466 e. The first-order valence-corrected chi connectivity index (χ1v) is 9.71. The first kappa shape index (κ1) is 18.9. The Morgan fingerprint density at radius 2 is 2.00 bits per heavy atom. The third kappa shape index (κ3) is 5.32. The normalized spacial score (nSPS) is 21.3. The fraction of sp³-hybridized carbons (Fsp3) is 0.571. The van der Waals surface area contributed by atoms with Crippen LogP contribution in [-0.4, -0.2) is 61.8 Å². The zero-order chi connectivity index (χ0) is 18.2. The van der Waals surface area contributed by atoms with Gasteiger partial charge in [-0.2, -0.15) is 0 Å². The van der Waals surface area contributed by atoms with Crippen LogP contribution >= 0.6 is 0 Å². The summed E-state index contributed by atoms with van der Waals surface area (Å²) in [6.07, 6.45) is 3.68. The van der Waals surface area contributed by atoms with Crippen LogP contribution in [0.5, 0.6) is 0 Å². The summed E-state index contributed by atoms with van der Waals surface area (Å²) < 4.78 is 10.6. The number of carbonyl (C=O) groups is 1. The van der Waals surface area contributed by atoms with E-state index >= 15 is 0 Å². The van der Waals surface area contributed by atoms with E-state index in [1.165, 1.54) is 11.3 Å². The molecule has 1 fully saturated rings. The molecular weight excluding hydrogens is 328 g/mol. The molecule has 0 radical (unpaired) electrons. The van der Waals surface area contributed by atoms with Crippen molar-refractivity contribution in [1.29, 1.82) is 0 Å². The van der Waals surface area contributed by atoms with E-state index < -0.39 is 0 Å². The van der Waals surface area contributed by atoms with Crippen molar-refractivity contribution in [3.8, 4) is 0 Å². The molecule has 5 nitrogen and oxygen atoms in total. The minimum atomic E-state index is -0.0889. The van der Waals surface area contributed by atoms with Gasteiger partial charge in [-0.25, -0.2) is 0 Å². The monoisotopic (exact) mass is 358 g/mol. The Bertz CT molecular complexity index is 597. The summed E-state index contributed by atoms with van der Waals surface area (Å²) in [6.45, 7) is 8.67. The van der Waals surface area contributed by atoms with Gasteiger partial charge in [0.25, 0.3) is 0 Å². The molecule has 1 aromatic rings. The van der Waals surface area contributed by atoms with Crippen molar-refractivity contribution in [2.45, 2.75) is 26.3 Å². The smallest absolute Gasteiger partial charge is 0.305 e. The number of nitrogens with zero attached hydrogens (tertiary/aromatic N) is 2. The van der Waals surface area contributed by atoms with Gasteiger partial charge in [0, 0.05) is 50.8 Å². The van der Waals surface area contributed by atoms with Crippen molar-refractivity contribution in [1.82, 2.24) is 9.80 Å². The molecule has 1 atom stereocenters. The predicted molar refractivity (Wildman–Crippen MR) is 102 cm³/mol. The van der Waals surface area contributed by atoms with E-state index in [1.54, 1.807) is 0 Å². The van der Waals surface area contributed by atoms with Crippen LogP contribution in [0.4, 0.5) is 0 Å². The SMILES string of the molecule is CCOC(=O)CCC1CN(Cc2ccccc2)CC=C1N1CCOCC1. The molecule has 2 aliphatic heterocycles. The van der Waals surface area contributed by atoms with E-state index in [-0.39, 0.29) is 5.97 Å². The van der Waals surface area contributed by atoms with Crippen molar-refractivity contribution in [3.63, 3.8) is 0 Å². The average Bonchev–Trinajstić information content (AvgIpc) is 2.68. The Morgan fingerprint density at radius 3 is 2.73 bits per heavy atom. The highest BCUT2D eigenvalue weighted by molar-refractivity contribution is 5.69. The summed E-state index contributed by atoms with van der Waals surface area (Å²) in [6, 6.07) is 10.6. The maximum atomic E-state index is 11.9. The minimum absolute atomic E-state index is 0.0889. The lowest BCUT2D eigenvalue weighted by atomic mass is 9.93. The summed E-state index contributed by atoms with van der Waals surface area (Å²) in [4.78, 5) is 16.8. The van der Waals surface area contributed by atoms with Gasteiger partial charge in [0.15, 0.2) is 0 Å². The molecule has 3 rings (SSSR count). The number of hydrogen-bond acceptors (Lipinski definition) is 5. The number of morpholine rings is 1. The largest absolute Gasteiger partial charge is 0.466 e. The Hall–Kier alpha value is -1.85. The number of hydrogen-bond donors (Lipinski definition) is 0. The molecule has 0 saturated carbocycles. The summed E-state index contributed by atoms with van der Waals surface area (Å²) in [5, 5.41) is 0. The van der Waals surface area contributed by atoms with Crippen LogP contribution in [0.1, 0.15) is 25.3 Å². The predicted octanol–water partition coefficient (Wildman–Crippen LogP) is 2.68. The summed E-state index contributed by atoms with van der Waals surface area (Å²) in [5.41, 5.74) is 2.72. The van der Waals surface area contributed by atoms with Gasteiger partial charge < -0.3 is 14.4 Å². The van der Waals surface area contributed by atoms with E-state index in [4.69, 9.17) is 9.47 Å². The van der Waals surface area contributed by atoms with Crippen LogP contribution in [0.2, 0.25) is 0 Å². The highest BCUT2D eigenvalue weighted by Crippen LogP contribution is 2.27. The highest BCUT2D eigenvalue weighted by Gasteiger charge is 2.28. The van der Waals surface area contributed by atoms with Gasteiger partial charge >= 0.3 is 5.97 Å². The van der Waals surface area contributed by atoms with Crippen molar-refractivity contribution in [2.75, 3.05) is 46.0 Å². The third-order valence-corrected chi connectivity index (χ3v) is 5.08.